The Kier molecular flexibility index (Phi) is 5.92. The molecule has 2 N–H and O–H groups in total. The SMILES string of the molecule is Cc1ccc(C)c(NC(=O)CSCC2CCNCC2)c1. The molecule has 1 aromatic rings. The molecule has 4 heteroatoms. The minimum absolute atomic E-state index is 0.109. The van der Waals surface area contributed by atoms with E-state index in [1.54, 1.807) is 11.8 Å². The first-order chi connectivity index (χ1) is 9.65. The zero-order chi connectivity index (χ0) is 14.4. The number of carbonyl (C=O) groups excluding carboxylic acids is 1. The van der Waals surface area contributed by atoms with Gasteiger partial charge < -0.3 is 10.6 Å². The van der Waals surface area contributed by atoms with Gasteiger partial charge in [-0.3, -0.25) is 4.79 Å². The molecule has 1 heterocycles. The standard InChI is InChI=1S/C16H24N2OS/c1-12-3-4-13(2)15(9-12)18-16(19)11-20-10-14-5-7-17-8-6-14/h3-4,9,14,17H,5-8,10-11H2,1-2H3,(H,18,19). The number of hydrogen-bond donors (Lipinski definition) is 2. The third-order valence-electron chi connectivity index (χ3n) is 3.71. The van der Waals surface area contributed by atoms with Crippen molar-refractivity contribution in [3.05, 3.63) is 29.3 Å². The first-order valence-electron chi connectivity index (χ1n) is 7.30. The molecule has 0 radical (unpaired) electrons. The van der Waals surface area contributed by atoms with Crippen LogP contribution in [0.15, 0.2) is 18.2 Å². The summed E-state index contributed by atoms with van der Waals surface area (Å²) in [5.41, 5.74) is 3.23. The summed E-state index contributed by atoms with van der Waals surface area (Å²) in [6, 6.07) is 6.15. The number of aryl methyl sites for hydroxylation is 2. The Labute approximate surface area is 125 Å². The smallest absolute Gasteiger partial charge is 0.234 e. The molecule has 3 nitrogen and oxygen atoms in total. The molecule has 1 aromatic carbocycles. The molecule has 0 unspecified atom stereocenters. The monoisotopic (exact) mass is 292 g/mol. The fourth-order valence-corrected chi connectivity index (χ4v) is 3.47. The first kappa shape index (κ1) is 15.4. The molecule has 0 bridgehead atoms. The summed E-state index contributed by atoms with van der Waals surface area (Å²) in [5, 5.41) is 6.39. The Morgan fingerprint density at radius 1 is 1.35 bits per heavy atom. The molecule has 0 atom stereocenters. The van der Waals surface area contributed by atoms with Crippen molar-refractivity contribution < 1.29 is 4.79 Å². The van der Waals surface area contributed by atoms with Crippen LogP contribution in [0.1, 0.15) is 24.0 Å². The van der Waals surface area contributed by atoms with Gasteiger partial charge in [0.15, 0.2) is 0 Å². The van der Waals surface area contributed by atoms with Crippen LogP contribution in [-0.2, 0) is 4.79 Å². The van der Waals surface area contributed by atoms with Crippen LogP contribution in [0.25, 0.3) is 0 Å². The topological polar surface area (TPSA) is 41.1 Å². The summed E-state index contributed by atoms with van der Waals surface area (Å²) in [6.45, 7) is 6.32. The van der Waals surface area contributed by atoms with E-state index in [4.69, 9.17) is 0 Å². The first-order valence-corrected chi connectivity index (χ1v) is 8.46. The Morgan fingerprint density at radius 2 is 2.10 bits per heavy atom. The number of hydrogen-bond acceptors (Lipinski definition) is 3. The van der Waals surface area contributed by atoms with Crippen molar-refractivity contribution >= 4 is 23.4 Å². The normalized spacial score (nSPS) is 16.1. The Bertz CT molecular complexity index is 456. The van der Waals surface area contributed by atoms with Gasteiger partial charge in [-0.15, -0.1) is 0 Å². The quantitative estimate of drug-likeness (QED) is 0.876. The number of nitrogens with one attached hydrogen (secondary N) is 2. The summed E-state index contributed by atoms with van der Waals surface area (Å²) < 4.78 is 0. The zero-order valence-corrected chi connectivity index (χ0v) is 13.2. The van der Waals surface area contributed by atoms with Gasteiger partial charge >= 0.3 is 0 Å². The molecule has 1 amide bonds. The minimum atomic E-state index is 0.109. The van der Waals surface area contributed by atoms with E-state index in [1.165, 1.54) is 18.4 Å². The second-order valence-corrected chi connectivity index (χ2v) is 6.61. The van der Waals surface area contributed by atoms with Gasteiger partial charge in [-0.05, 0) is 68.6 Å². The predicted molar refractivity (Wildman–Crippen MR) is 87.5 cm³/mol. The second-order valence-electron chi connectivity index (χ2n) is 5.58. The van der Waals surface area contributed by atoms with E-state index < -0.39 is 0 Å². The molecule has 0 saturated carbocycles. The van der Waals surface area contributed by atoms with Gasteiger partial charge in [-0.2, -0.15) is 11.8 Å². The molecular weight excluding hydrogens is 268 g/mol. The summed E-state index contributed by atoms with van der Waals surface area (Å²) in [7, 11) is 0. The van der Waals surface area contributed by atoms with Crippen molar-refractivity contribution in [2.75, 3.05) is 29.9 Å². The predicted octanol–water partition coefficient (Wildman–Crippen LogP) is 2.97. The molecule has 2 rings (SSSR count). The van der Waals surface area contributed by atoms with E-state index in [1.807, 2.05) is 26.0 Å². The van der Waals surface area contributed by atoms with E-state index in [2.05, 4.69) is 16.7 Å². The number of anilines is 1. The summed E-state index contributed by atoms with van der Waals surface area (Å²) >= 11 is 1.76. The molecule has 1 aliphatic heterocycles. The largest absolute Gasteiger partial charge is 0.325 e. The van der Waals surface area contributed by atoms with Gasteiger partial charge in [-0.1, -0.05) is 12.1 Å². The van der Waals surface area contributed by atoms with Crippen LogP contribution in [0.3, 0.4) is 0 Å². The third kappa shape index (κ3) is 4.84. The van der Waals surface area contributed by atoms with Crippen LogP contribution in [0, 0.1) is 19.8 Å². The highest BCUT2D eigenvalue weighted by molar-refractivity contribution is 7.99. The number of rotatable bonds is 5. The molecular formula is C16H24N2OS. The van der Waals surface area contributed by atoms with E-state index in [0.29, 0.717) is 5.75 Å². The van der Waals surface area contributed by atoms with Crippen molar-refractivity contribution in [2.24, 2.45) is 5.92 Å². The number of thioether (sulfide) groups is 1. The summed E-state index contributed by atoms with van der Waals surface area (Å²) in [6.07, 6.45) is 2.48. The van der Waals surface area contributed by atoms with E-state index in [-0.39, 0.29) is 5.91 Å². The van der Waals surface area contributed by atoms with Crippen molar-refractivity contribution in [1.82, 2.24) is 5.32 Å². The van der Waals surface area contributed by atoms with Crippen LogP contribution >= 0.6 is 11.8 Å². The Hall–Kier alpha value is -1.00. The maximum absolute atomic E-state index is 12.0. The molecule has 110 valence electrons. The van der Waals surface area contributed by atoms with Crippen LogP contribution in [0.5, 0.6) is 0 Å². The summed E-state index contributed by atoms with van der Waals surface area (Å²) in [4.78, 5) is 12.0. The van der Waals surface area contributed by atoms with Crippen LogP contribution in [0.4, 0.5) is 5.69 Å². The fourth-order valence-electron chi connectivity index (χ4n) is 2.42. The molecule has 0 aromatic heterocycles. The third-order valence-corrected chi connectivity index (χ3v) is 4.89. The van der Waals surface area contributed by atoms with E-state index >= 15 is 0 Å². The lowest BCUT2D eigenvalue weighted by atomic mass is 10.0. The maximum atomic E-state index is 12.0. The van der Waals surface area contributed by atoms with Crippen LogP contribution in [-0.4, -0.2) is 30.5 Å². The van der Waals surface area contributed by atoms with Gasteiger partial charge in [-0.25, -0.2) is 0 Å². The Morgan fingerprint density at radius 3 is 2.85 bits per heavy atom. The van der Waals surface area contributed by atoms with Crippen molar-refractivity contribution in [3.8, 4) is 0 Å². The lowest BCUT2D eigenvalue weighted by molar-refractivity contribution is -0.113. The minimum Gasteiger partial charge on any atom is -0.325 e. The molecule has 20 heavy (non-hydrogen) atoms. The van der Waals surface area contributed by atoms with Crippen molar-refractivity contribution in [3.63, 3.8) is 0 Å². The molecule has 0 aliphatic carbocycles. The highest BCUT2D eigenvalue weighted by atomic mass is 32.2. The van der Waals surface area contributed by atoms with E-state index in [9.17, 15) is 4.79 Å². The number of amides is 1. The lowest BCUT2D eigenvalue weighted by Crippen LogP contribution is -2.29. The average Bonchev–Trinajstić information content (AvgIpc) is 2.44. The Balaban J connectivity index is 1.73. The zero-order valence-electron chi connectivity index (χ0n) is 12.4. The summed E-state index contributed by atoms with van der Waals surface area (Å²) in [5.74, 6) is 2.53. The van der Waals surface area contributed by atoms with Gasteiger partial charge in [0, 0.05) is 5.69 Å². The fraction of sp³-hybridized carbons (Fsp3) is 0.562. The molecule has 1 saturated heterocycles. The second kappa shape index (κ2) is 7.70. The molecule has 1 fully saturated rings. The average molecular weight is 292 g/mol. The molecule has 0 spiro atoms. The van der Waals surface area contributed by atoms with Gasteiger partial charge in [0.25, 0.3) is 0 Å². The molecule has 1 aliphatic rings. The van der Waals surface area contributed by atoms with Gasteiger partial charge in [0.05, 0.1) is 5.75 Å². The number of carbonyl (C=O) groups is 1. The number of benzene rings is 1. The maximum Gasteiger partial charge on any atom is 0.234 e. The van der Waals surface area contributed by atoms with Gasteiger partial charge in [0.1, 0.15) is 0 Å². The van der Waals surface area contributed by atoms with Crippen LogP contribution < -0.4 is 10.6 Å². The van der Waals surface area contributed by atoms with Crippen LogP contribution in [0.2, 0.25) is 0 Å². The number of piperidine rings is 1. The highest BCUT2D eigenvalue weighted by Crippen LogP contribution is 2.19. The van der Waals surface area contributed by atoms with E-state index in [0.717, 1.165) is 36.0 Å². The van der Waals surface area contributed by atoms with Crippen molar-refractivity contribution in [1.29, 1.82) is 0 Å². The highest BCUT2D eigenvalue weighted by Gasteiger charge is 2.13. The lowest BCUT2D eigenvalue weighted by Gasteiger charge is -2.21. The van der Waals surface area contributed by atoms with Gasteiger partial charge in [0.2, 0.25) is 5.91 Å². The van der Waals surface area contributed by atoms with Crippen molar-refractivity contribution in [2.45, 2.75) is 26.7 Å².